The van der Waals surface area contributed by atoms with Crippen molar-refractivity contribution in [2.75, 3.05) is 19.0 Å². The summed E-state index contributed by atoms with van der Waals surface area (Å²) in [6.07, 6.45) is 0. The maximum Gasteiger partial charge on any atom is 0.243 e. The highest BCUT2D eigenvalue weighted by Gasteiger charge is 2.28. The van der Waals surface area contributed by atoms with Gasteiger partial charge in [0.1, 0.15) is 5.75 Å². The van der Waals surface area contributed by atoms with Crippen molar-refractivity contribution in [3.63, 3.8) is 0 Å². The van der Waals surface area contributed by atoms with Crippen LogP contribution in [0.25, 0.3) is 0 Å². The van der Waals surface area contributed by atoms with Crippen LogP contribution in [0.3, 0.4) is 0 Å². The molecule has 168 valence electrons. The molecule has 1 N–H and O–H groups in total. The first-order valence-electron chi connectivity index (χ1n) is 9.34. The van der Waals surface area contributed by atoms with Crippen LogP contribution in [0.2, 0.25) is 15.1 Å². The Morgan fingerprint density at radius 1 is 0.938 bits per heavy atom. The Hall–Kier alpha value is -2.29. The van der Waals surface area contributed by atoms with Gasteiger partial charge in [-0.1, -0.05) is 71.2 Å². The smallest absolute Gasteiger partial charge is 0.243 e. The Kier molecular flexibility index (Phi) is 8.03. The predicted octanol–water partition coefficient (Wildman–Crippen LogP) is 5.49. The largest absolute Gasteiger partial charge is 0.495 e. The Morgan fingerprint density at radius 3 is 2.19 bits per heavy atom. The lowest BCUT2D eigenvalue weighted by atomic mass is 10.2. The number of carbonyl (C=O) groups is 1. The van der Waals surface area contributed by atoms with Crippen LogP contribution in [0.15, 0.2) is 71.6 Å². The van der Waals surface area contributed by atoms with Gasteiger partial charge in [0.15, 0.2) is 0 Å². The van der Waals surface area contributed by atoms with Gasteiger partial charge in [0, 0.05) is 6.54 Å². The summed E-state index contributed by atoms with van der Waals surface area (Å²) in [7, 11) is -2.66. The number of rotatable bonds is 8. The number of benzene rings is 3. The molecule has 0 fully saturated rings. The summed E-state index contributed by atoms with van der Waals surface area (Å²) in [5, 5.41) is 3.21. The van der Waals surface area contributed by atoms with Crippen LogP contribution in [0.1, 0.15) is 5.56 Å². The van der Waals surface area contributed by atoms with Gasteiger partial charge in [0.05, 0.1) is 39.3 Å². The van der Waals surface area contributed by atoms with Gasteiger partial charge in [0.25, 0.3) is 0 Å². The Labute approximate surface area is 201 Å². The monoisotopic (exact) mass is 512 g/mol. The number of sulfonamides is 1. The third kappa shape index (κ3) is 5.74. The maximum atomic E-state index is 13.4. The summed E-state index contributed by atoms with van der Waals surface area (Å²) in [5.41, 5.74) is 0.921. The lowest BCUT2D eigenvalue weighted by molar-refractivity contribution is -0.116. The fourth-order valence-corrected chi connectivity index (χ4v) is 5.15. The van der Waals surface area contributed by atoms with E-state index in [0.29, 0.717) is 11.3 Å². The average Bonchev–Trinajstić information content (AvgIpc) is 2.76. The van der Waals surface area contributed by atoms with Gasteiger partial charge < -0.3 is 10.1 Å². The predicted molar refractivity (Wildman–Crippen MR) is 127 cm³/mol. The van der Waals surface area contributed by atoms with E-state index in [4.69, 9.17) is 39.5 Å². The van der Waals surface area contributed by atoms with E-state index in [-0.39, 0.29) is 32.2 Å². The molecule has 0 unspecified atom stereocenters. The van der Waals surface area contributed by atoms with Crippen LogP contribution in [0, 0.1) is 0 Å². The maximum absolute atomic E-state index is 13.4. The average molecular weight is 514 g/mol. The van der Waals surface area contributed by atoms with Crippen LogP contribution < -0.4 is 10.1 Å². The SMILES string of the molecule is COc1ccc(S(=O)(=O)N(CC(=O)Nc2c(Cl)cccc2Cl)Cc2ccccc2)cc1Cl. The standard InChI is InChI=1S/C22H19Cl3N2O4S/c1-31-20-11-10-16(12-19(20)25)32(29,30)27(13-15-6-3-2-4-7-15)14-21(28)26-22-17(23)8-5-9-18(22)24/h2-12H,13-14H2,1H3,(H,26,28). The molecule has 0 aliphatic rings. The van der Waals surface area contributed by atoms with Crippen LogP contribution >= 0.6 is 34.8 Å². The molecule has 0 saturated carbocycles. The molecule has 10 heteroatoms. The van der Waals surface area contributed by atoms with E-state index >= 15 is 0 Å². The molecule has 0 bridgehead atoms. The van der Waals surface area contributed by atoms with E-state index in [1.165, 1.54) is 25.3 Å². The first-order valence-corrected chi connectivity index (χ1v) is 11.9. The van der Waals surface area contributed by atoms with Crippen molar-refractivity contribution in [2.24, 2.45) is 0 Å². The van der Waals surface area contributed by atoms with Crippen molar-refractivity contribution in [2.45, 2.75) is 11.4 Å². The van der Waals surface area contributed by atoms with E-state index < -0.39 is 22.5 Å². The minimum atomic E-state index is -4.09. The van der Waals surface area contributed by atoms with Crippen molar-refractivity contribution in [1.29, 1.82) is 0 Å². The first kappa shape index (κ1) is 24.4. The Balaban J connectivity index is 1.92. The number of methoxy groups -OCH3 is 1. The zero-order valence-electron chi connectivity index (χ0n) is 16.9. The molecule has 1 amide bonds. The highest BCUT2D eigenvalue weighted by Crippen LogP contribution is 2.31. The highest BCUT2D eigenvalue weighted by molar-refractivity contribution is 7.89. The second-order valence-corrected chi connectivity index (χ2v) is 9.86. The van der Waals surface area contributed by atoms with Gasteiger partial charge in [-0.15, -0.1) is 0 Å². The number of anilines is 1. The van der Waals surface area contributed by atoms with Crippen molar-refractivity contribution in [1.82, 2.24) is 4.31 Å². The number of hydrogen-bond acceptors (Lipinski definition) is 4. The van der Waals surface area contributed by atoms with Gasteiger partial charge in [-0.05, 0) is 35.9 Å². The van der Waals surface area contributed by atoms with Gasteiger partial charge in [0.2, 0.25) is 15.9 Å². The molecule has 0 aromatic heterocycles. The molecule has 0 saturated heterocycles. The summed E-state index contributed by atoms with van der Waals surface area (Å²) in [4.78, 5) is 12.7. The fourth-order valence-electron chi connectivity index (χ4n) is 2.93. The molecule has 0 spiro atoms. The lowest BCUT2D eigenvalue weighted by Crippen LogP contribution is -2.37. The second kappa shape index (κ2) is 10.6. The summed E-state index contributed by atoms with van der Waals surface area (Å²) in [6, 6.07) is 17.8. The van der Waals surface area contributed by atoms with E-state index in [0.717, 1.165) is 4.31 Å². The van der Waals surface area contributed by atoms with Gasteiger partial charge in [-0.25, -0.2) is 8.42 Å². The van der Waals surface area contributed by atoms with Gasteiger partial charge >= 0.3 is 0 Å². The molecule has 0 aliphatic heterocycles. The molecule has 0 heterocycles. The molecule has 32 heavy (non-hydrogen) atoms. The zero-order valence-corrected chi connectivity index (χ0v) is 20.0. The van der Waals surface area contributed by atoms with Crippen molar-refractivity contribution >= 4 is 56.4 Å². The van der Waals surface area contributed by atoms with Gasteiger partial charge in [-0.3, -0.25) is 4.79 Å². The molecular weight excluding hydrogens is 495 g/mol. The third-order valence-corrected chi connectivity index (χ3v) is 7.22. The normalized spacial score (nSPS) is 11.4. The molecular formula is C22H19Cl3N2O4S. The molecule has 0 radical (unpaired) electrons. The minimum absolute atomic E-state index is 0.0313. The van der Waals surface area contributed by atoms with Crippen molar-refractivity contribution in [3.8, 4) is 5.75 Å². The number of carbonyl (C=O) groups excluding carboxylic acids is 1. The quantitative estimate of drug-likeness (QED) is 0.432. The van der Waals surface area contributed by atoms with E-state index in [2.05, 4.69) is 5.32 Å². The number of amides is 1. The Bertz CT molecular complexity index is 1200. The van der Waals surface area contributed by atoms with Crippen molar-refractivity contribution in [3.05, 3.63) is 87.4 Å². The number of ether oxygens (including phenoxy) is 1. The number of hydrogen-bond donors (Lipinski definition) is 1. The van der Waals surface area contributed by atoms with E-state index in [1.807, 2.05) is 6.07 Å². The molecule has 3 aromatic rings. The molecule has 3 rings (SSSR count). The summed E-state index contributed by atoms with van der Waals surface area (Å²) in [5.74, 6) is -0.259. The summed E-state index contributed by atoms with van der Waals surface area (Å²) >= 11 is 18.4. The highest BCUT2D eigenvalue weighted by atomic mass is 35.5. The fraction of sp³-hybridized carbons (Fsp3) is 0.136. The van der Waals surface area contributed by atoms with Crippen LogP contribution in [0.4, 0.5) is 5.69 Å². The summed E-state index contributed by atoms with van der Waals surface area (Å²) < 4.78 is 33.0. The van der Waals surface area contributed by atoms with Gasteiger partial charge in [-0.2, -0.15) is 4.31 Å². The number of para-hydroxylation sites is 1. The molecule has 6 nitrogen and oxygen atoms in total. The Morgan fingerprint density at radius 2 is 1.59 bits per heavy atom. The third-order valence-electron chi connectivity index (χ3n) is 4.51. The van der Waals surface area contributed by atoms with E-state index in [1.54, 1.807) is 42.5 Å². The molecule has 3 aromatic carbocycles. The molecule has 0 atom stereocenters. The summed E-state index contributed by atoms with van der Waals surface area (Å²) in [6.45, 7) is -0.501. The number of nitrogens with zero attached hydrogens (tertiary/aromatic N) is 1. The van der Waals surface area contributed by atoms with Crippen molar-refractivity contribution < 1.29 is 17.9 Å². The first-order chi connectivity index (χ1) is 15.2. The van der Waals surface area contributed by atoms with Crippen LogP contribution in [-0.4, -0.2) is 32.3 Å². The zero-order chi connectivity index (χ0) is 23.3. The molecule has 0 aliphatic carbocycles. The topological polar surface area (TPSA) is 75.7 Å². The second-order valence-electron chi connectivity index (χ2n) is 6.70. The van der Waals surface area contributed by atoms with E-state index in [9.17, 15) is 13.2 Å². The number of nitrogens with one attached hydrogen (secondary N) is 1. The number of halogens is 3. The van der Waals surface area contributed by atoms with Crippen LogP contribution in [-0.2, 0) is 21.4 Å². The minimum Gasteiger partial charge on any atom is -0.495 e. The van der Waals surface area contributed by atoms with Crippen LogP contribution in [0.5, 0.6) is 5.75 Å². The lowest BCUT2D eigenvalue weighted by Gasteiger charge is -2.22.